The van der Waals surface area contributed by atoms with Crippen molar-refractivity contribution in [2.45, 2.75) is 52.6 Å². The molecule has 0 aromatic rings. The van der Waals surface area contributed by atoms with Crippen molar-refractivity contribution >= 4 is 0 Å². The average Bonchev–Trinajstić information content (AvgIpc) is 2.38. The Morgan fingerprint density at radius 2 is 1.90 bits per heavy atom. The van der Waals surface area contributed by atoms with E-state index in [9.17, 15) is 0 Å². The van der Waals surface area contributed by atoms with E-state index < -0.39 is 0 Å². The SMILES string of the molecule is COCCOCCCCN1CC(C(C)(C)C)NCC1C. The summed E-state index contributed by atoms with van der Waals surface area (Å²) in [6.07, 6.45) is 2.36. The Morgan fingerprint density at radius 3 is 2.55 bits per heavy atom. The van der Waals surface area contributed by atoms with E-state index in [1.54, 1.807) is 7.11 Å². The first kappa shape index (κ1) is 17.9. The van der Waals surface area contributed by atoms with Gasteiger partial charge >= 0.3 is 0 Å². The zero-order chi connectivity index (χ0) is 15.0. The third-order valence-electron chi connectivity index (χ3n) is 4.16. The average molecular weight is 286 g/mol. The molecule has 0 saturated carbocycles. The lowest BCUT2D eigenvalue weighted by molar-refractivity contribution is 0.0625. The fourth-order valence-electron chi connectivity index (χ4n) is 2.58. The normalized spacial score (nSPS) is 25.1. The molecular weight excluding hydrogens is 252 g/mol. The Balaban J connectivity index is 2.17. The van der Waals surface area contributed by atoms with E-state index in [0.717, 1.165) is 26.1 Å². The smallest absolute Gasteiger partial charge is 0.0700 e. The van der Waals surface area contributed by atoms with Gasteiger partial charge in [-0.05, 0) is 31.7 Å². The Morgan fingerprint density at radius 1 is 1.15 bits per heavy atom. The van der Waals surface area contributed by atoms with Gasteiger partial charge in [0.05, 0.1) is 13.2 Å². The van der Waals surface area contributed by atoms with E-state index in [1.807, 2.05) is 0 Å². The summed E-state index contributed by atoms with van der Waals surface area (Å²) in [7, 11) is 1.71. The van der Waals surface area contributed by atoms with Gasteiger partial charge in [-0.15, -0.1) is 0 Å². The van der Waals surface area contributed by atoms with E-state index in [0.29, 0.717) is 30.7 Å². The highest BCUT2D eigenvalue weighted by Crippen LogP contribution is 2.23. The molecule has 20 heavy (non-hydrogen) atoms. The molecule has 0 aromatic carbocycles. The Labute approximate surface area is 125 Å². The van der Waals surface area contributed by atoms with Crippen molar-refractivity contribution in [3.63, 3.8) is 0 Å². The molecule has 1 heterocycles. The predicted octanol–water partition coefficient (Wildman–Crippen LogP) is 2.14. The first-order valence-electron chi connectivity index (χ1n) is 7.99. The second-order valence-corrected chi connectivity index (χ2v) is 6.98. The third-order valence-corrected chi connectivity index (χ3v) is 4.16. The van der Waals surface area contributed by atoms with Crippen LogP contribution in [-0.4, -0.2) is 63.5 Å². The van der Waals surface area contributed by atoms with Crippen LogP contribution in [0.15, 0.2) is 0 Å². The van der Waals surface area contributed by atoms with Crippen molar-refractivity contribution in [2.24, 2.45) is 5.41 Å². The molecule has 0 bridgehead atoms. The number of hydrogen-bond donors (Lipinski definition) is 1. The van der Waals surface area contributed by atoms with Crippen LogP contribution in [0.5, 0.6) is 0 Å². The minimum atomic E-state index is 0.335. The molecule has 0 amide bonds. The topological polar surface area (TPSA) is 33.7 Å². The van der Waals surface area contributed by atoms with Crippen LogP contribution in [0, 0.1) is 5.41 Å². The standard InChI is InChI=1S/C16H34N2O2/c1-14-12-17-15(16(2,3)4)13-18(14)8-6-7-9-20-11-10-19-5/h14-15,17H,6-13H2,1-5H3. The summed E-state index contributed by atoms with van der Waals surface area (Å²) < 4.78 is 10.5. The maximum absolute atomic E-state index is 5.51. The second kappa shape index (κ2) is 8.98. The minimum Gasteiger partial charge on any atom is -0.382 e. The molecule has 0 spiro atoms. The lowest BCUT2D eigenvalue weighted by Crippen LogP contribution is -2.59. The van der Waals surface area contributed by atoms with Gasteiger partial charge in [-0.1, -0.05) is 20.8 Å². The largest absolute Gasteiger partial charge is 0.382 e. The van der Waals surface area contributed by atoms with Crippen molar-refractivity contribution in [1.82, 2.24) is 10.2 Å². The van der Waals surface area contributed by atoms with Gasteiger partial charge in [0.1, 0.15) is 0 Å². The number of nitrogens with zero attached hydrogens (tertiary/aromatic N) is 1. The van der Waals surface area contributed by atoms with Gasteiger partial charge in [0.2, 0.25) is 0 Å². The highest BCUT2D eigenvalue weighted by Gasteiger charge is 2.31. The maximum atomic E-state index is 5.51. The molecule has 4 heteroatoms. The first-order valence-corrected chi connectivity index (χ1v) is 7.99. The number of rotatable bonds is 8. The summed E-state index contributed by atoms with van der Waals surface area (Å²) >= 11 is 0. The van der Waals surface area contributed by atoms with Crippen LogP contribution >= 0.6 is 0 Å². The number of piperazine rings is 1. The predicted molar refractivity (Wildman–Crippen MR) is 84.2 cm³/mol. The first-order chi connectivity index (χ1) is 9.45. The van der Waals surface area contributed by atoms with E-state index in [4.69, 9.17) is 9.47 Å². The van der Waals surface area contributed by atoms with Gasteiger partial charge in [0, 0.05) is 38.9 Å². The number of nitrogens with one attached hydrogen (secondary N) is 1. The van der Waals surface area contributed by atoms with E-state index in [-0.39, 0.29) is 0 Å². The van der Waals surface area contributed by atoms with Crippen LogP contribution in [0.4, 0.5) is 0 Å². The highest BCUT2D eigenvalue weighted by molar-refractivity contribution is 4.90. The van der Waals surface area contributed by atoms with Crippen molar-refractivity contribution in [3.8, 4) is 0 Å². The van der Waals surface area contributed by atoms with Crippen molar-refractivity contribution < 1.29 is 9.47 Å². The van der Waals surface area contributed by atoms with Gasteiger partial charge < -0.3 is 14.8 Å². The summed E-state index contributed by atoms with van der Waals surface area (Å²) in [5.74, 6) is 0. The van der Waals surface area contributed by atoms with Gasteiger partial charge in [-0.3, -0.25) is 4.90 Å². The lowest BCUT2D eigenvalue weighted by Gasteiger charge is -2.44. The Bertz CT molecular complexity index is 253. The fraction of sp³-hybridized carbons (Fsp3) is 1.00. The Hall–Kier alpha value is -0.160. The summed E-state index contributed by atoms with van der Waals surface area (Å²) in [5.41, 5.74) is 0.335. The van der Waals surface area contributed by atoms with Crippen LogP contribution in [0.3, 0.4) is 0 Å². The zero-order valence-electron chi connectivity index (χ0n) is 14.1. The van der Waals surface area contributed by atoms with Gasteiger partial charge in [0.25, 0.3) is 0 Å². The van der Waals surface area contributed by atoms with Crippen LogP contribution in [-0.2, 0) is 9.47 Å². The molecule has 0 radical (unpaired) electrons. The molecule has 1 saturated heterocycles. The molecule has 1 N–H and O–H groups in total. The minimum absolute atomic E-state index is 0.335. The van der Waals surface area contributed by atoms with Gasteiger partial charge in [-0.25, -0.2) is 0 Å². The van der Waals surface area contributed by atoms with E-state index in [2.05, 4.69) is 37.9 Å². The molecule has 4 nitrogen and oxygen atoms in total. The molecule has 1 rings (SSSR count). The number of methoxy groups -OCH3 is 1. The van der Waals surface area contributed by atoms with E-state index in [1.165, 1.54) is 13.0 Å². The summed E-state index contributed by atoms with van der Waals surface area (Å²) in [6, 6.07) is 1.24. The molecule has 0 aromatic heterocycles. The molecule has 0 aliphatic carbocycles. The highest BCUT2D eigenvalue weighted by atomic mass is 16.5. The maximum Gasteiger partial charge on any atom is 0.0700 e. The van der Waals surface area contributed by atoms with Gasteiger partial charge in [0.15, 0.2) is 0 Å². The van der Waals surface area contributed by atoms with Crippen LogP contribution in [0.2, 0.25) is 0 Å². The molecule has 1 fully saturated rings. The zero-order valence-corrected chi connectivity index (χ0v) is 14.1. The molecular formula is C16H34N2O2. The lowest BCUT2D eigenvalue weighted by atomic mass is 9.85. The molecule has 1 aliphatic heterocycles. The monoisotopic (exact) mass is 286 g/mol. The number of ether oxygens (including phenoxy) is 2. The molecule has 1 aliphatic rings. The fourth-order valence-corrected chi connectivity index (χ4v) is 2.58. The summed E-state index contributed by atoms with van der Waals surface area (Å²) in [5, 5.41) is 3.68. The summed E-state index contributed by atoms with van der Waals surface area (Å²) in [6.45, 7) is 15.0. The van der Waals surface area contributed by atoms with Crippen molar-refractivity contribution in [3.05, 3.63) is 0 Å². The third kappa shape index (κ3) is 6.53. The number of unbranched alkanes of at least 4 members (excludes halogenated alkanes) is 1. The molecule has 2 atom stereocenters. The van der Waals surface area contributed by atoms with E-state index >= 15 is 0 Å². The van der Waals surface area contributed by atoms with Gasteiger partial charge in [-0.2, -0.15) is 0 Å². The van der Waals surface area contributed by atoms with Crippen molar-refractivity contribution in [2.75, 3.05) is 46.6 Å². The Kier molecular flexibility index (Phi) is 8.03. The molecule has 2 unspecified atom stereocenters. The summed E-state index contributed by atoms with van der Waals surface area (Å²) in [4.78, 5) is 2.63. The quantitative estimate of drug-likeness (QED) is 0.693. The number of hydrogen-bond acceptors (Lipinski definition) is 4. The second-order valence-electron chi connectivity index (χ2n) is 6.98. The van der Waals surface area contributed by atoms with Crippen molar-refractivity contribution in [1.29, 1.82) is 0 Å². The van der Waals surface area contributed by atoms with Crippen LogP contribution in [0.1, 0.15) is 40.5 Å². The molecule has 120 valence electrons. The van der Waals surface area contributed by atoms with Crippen LogP contribution < -0.4 is 5.32 Å². The van der Waals surface area contributed by atoms with Crippen LogP contribution in [0.25, 0.3) is 0 Å².